The van der Waals surface area contributed by atoms with Crippen molar-refractivity contribution in [1.82, 2.24) is 4.90 Å². The standard InChI is InChI=1S/C12H17NO5SSi/c1-15-12(14)10-2-3-11(19-10)20-16-7-4-13(5-8-17-20)6-9-18-20/h2-3H,4-9H2,1H3. The average Bonchev–Trinajstić information content (AvgIpc) is 2.86. The van der Waals surface area contributed by atoms with Crippen LogP contribution >= 0.6 is 11.3 Å². The number of fused-ring (bicyclic) bond motifs is 6. The molecule has 110 valence electrons. The largest absolute Gasteiger partial charge is 0.547 e. The topological polar surface area (TPSA) is 57.2 Å². The van der Waals surface area contributed by atoms with Crippen molar-refractivity contribution in [3.8, 4) is 0 Å². The molecular weight excluding hydrogens is 298 g/mol. The van der Waals surface area contributed by atoms with Gasteiger partial charge >= 0.3 is 14.8 Å². The molecule has 1 aromatic heterocycles. The smallest absolute Gasteiger partial charge is 0.465 e. The van der Waals surface area contributed by atoms with Crippen LogP contribution in [0.2, 0.25) is 0 Å². The van der Waals surface area contributed by atoms with E-state index >= 15 is 0 Å². The van der Waals surface area contributed by atoms with Crippen molar-refractivity contribution in [2.24, 2.45) is 0 Å². The van der Waals surface area contributed by atoms with Gasteiger partial charge < -0.3 is 18.0 Å². The van der Waals surface area contributed by atoms with E-state index in [0.717, 1.165) is 24.1 Å². The minimum atomic E-state index is -2.86. The molecule has 0 aromatic carbocycles. The van der Waals surface area contributed by atoms with Crippen LogP contribution in [0.3, 0.4) is 0 Å². The van der Waals surface area contributed by atoms with Gasteiger partial charge in [0.2, 0.25) is 0 Å². The summed E-state index contributed by atoms with van der Waals surface area (Å²) in [5, 5.41) is 0. The van der Waals surface area contributed by atoms with Crippen molar-refractivity contribution in [3.63, 3.8) is 0 Å². The van der Waals surface area contributed by atoms with Gasteiger partial charge in [-0.25, -0.2) is 4.79 Å². The SMILES string of the molecule is COC(=O)c1ccc([Si]23OCCN(CCO2)CCO3)s1. The number of nitrogens with zero attached hydrogens (tertiary/aromatic N) is 1. The molecule has 3 aliphatic heterocycles. The van der Waals surface area contributed by atoms with Crippen molar-refractivity contribution in [1.29, 1.82) is 0 Å². The summed E-state index contributed by atoms with van der Waals surface area (Å²) >= 11 is 1.34. The monoisotopic (exact) mass is 315 g/mol. The molecule has 6 nitrogen and oxygen atoms in total. The van der Waals surface area contributed by atoms with Gasteiger partial charge in [0.25, 0.3) is 0 Å². The Bertz CT molecular complexity index is 467. The van der Waals surface area contributed by atoms with Crippen molar-refractivity contribution < 1.29 is 22.8 Å². The Morgan fingerprint density at radius 1 is 1.20 bits per heavy atom. The van der Waals surface area contributed by atoms with E-state index in [9.17, 15) is 4.79 Å². The molecule has 0 saturated carbocycles. The van der Waals surface area contributed by atoms with E-state index in [4.69, 9.17) is 18.0 Å². The molecule has 3 saturated heterocycles. The Labute approximate surface area is 122 Å². The van der Waals surface area contributed by atoms with E-state index in [1.54, 1.807) is 6.07 Å². The fraction of sp³-hybridized carbons (Fsp3) is 0.583. The van der Waals surface area contributed by atoms with Gasteiger partial charge in [-0.05, 0) is 12.1 Å². The predicted octanol–water partition coefficient (Wildman–Crippen LogP) is 0.0596. The summed E-state index contributed by atoms with van der Waals surface area (Å²) in [6.45, 7) is 4.48. The third kappa shape index (κ3) is 2.67. The Balaban J connectivity index is 1.88. The molecular formula is C12H17NO5SSi. The molecule has 3 fully saturated rings. The van der Waals surface area contributed by atoms with Gasteiger partial charge in [-0.2, -0.15) is 0 Å². The molecule has 4 rings (SSSR count). The summed E-state index contributed by atoms with van der Waals surface area (Å²) in [4.78, 5) is 14.4. The summed E-state index contributed by atoms with van der Waals surface area (Å²) in [7, 11) is -1.48. The summed E-state index contributed by atoms with van der Waals surface area (Å²) < 4.78 is 23.5. The molecule has 0 atom stereocenters. The van der Waals surface area contributed by atoms with E-state index in [0.29, 0.717) is 24.7 Å². The highest BCUT2D eigenvalue weighted by molar-refractivity contribution is 7.25. The van der Waals surface area contributed by atoms with Crippen LogP contribution in [-0.2, 0) is 18.0 Å². The zero-order valence-electron chi connectivity index (χ0n) is 11.3. The molecule has 0 radical (unpaired) electrons. The van der Waals surface area contributed by atoms with Gasteiger partial charge in [0.1, 0.15) is 4.88 Å². The summed E-state index contributed by atoms with van der Waals surface area (Å²) in [6, 6.07) is 3.61. The second kappa shape index (κ2) is 5.92. The molecule has 0 spiro atoms. The second-order valence-corrected chi connectivity index (χ2v) is 8.56. The molecule has 0 amide bonds. The number of rotatable bonds is 2. The first-order valence-corrected chi connectivity index (χ1v) is 9.10. The number of methoxy groups -OCH3 is 1. The molecule has 8 heteroatoms. The van der Waals surface area contributed by atoms with Gasteiger partial charge in [0, 0.05) is 19.6 Å². The molecule has 3 aliphatic rings. The van der Waals surface area contributed by atoms with Crippen molar-refractivity contribution in [3.05, 3.63) is 17.0 Å². The van der Waals surface area contributed by atoms with E-state index in [1.165, 1.54) is 18.4 Å². The van der Waals surface area contributed by atoms with E-state index in [-0.39, 0.29) is 5.97 Å². The van der Waals surface area contributed by atoms with Gasteiger partial charge in [-0.3, -0.25) is 4.90 Å². The summed E-state index contributed by atoms with van der Waals surface area (Å²) in [6.07, 6.45) is 0. The van der Waals surface area contributed by atoms with Crippen LogP contribution in [0.25, 0.3) is 0 Å². The van der Waals surface area contributed by atoms with E-state index in [2.05, 4.69) is 4.90 Å². The van der Waals surface area contributed by atoms with Crippen LogP contribution in [0.15, 0.2) is 12.1 Å². The normalized spacial score (nSPS) is 30.4. The van der Waals surface area contributed by atoms with Crippen LogP contribution in [0.1, 0.15) is 9.67 Å². The lowest BCUT2D eigenvalue weighted by Crippen LogP contribution is -2.61. The van der Waals surface area contributed by atoms with Crippen LogP contribution in [0, 0.1) is 0 Å². The second-order valence-electron chi connectivity index (χ2n) is 4.60. The average molecular weight is 315 g/mol. The van der Waals surface area contributed by atoms with Crippen molar-refractivity contribution in [2.75, 3.05) is 46.6 Å². The third-order valence-corrected chi connectivity index (χ3v) is 7.85. The van der Waals surface area contributed by atoms with Crippen LogP contribution in [0.4, 0.5) is 0 Å². The predicted molar refractivity (Wildman–Crippen MR) is 75.3 cm³/mol. The lowest BCUT2D eigenvalue weighted by Gasteiger charge is -2.37. The van der Waals surface area contributed by atoms with Crippen molar-refractivity contribution in [2.45, 2.75) is 0 Å². The number of hydrogen-bond acceptors (Lipinski definition) is 7. The lowest BCUT2D eigenvalue weighted by molar-refractivity contribution is 0.00188. The Morgan fingerprint density at radius 3 is 2.35 bits per heavy atom. The maximum absolute atomic E-state index is 11.6. The summed E-state index contributed by atoms with van der Waals surface area (Å²) in [5.41, 5.74) is 0. The van der Waals surface area contributed by atoms with Gasteiger partial charge in [0.05, 0.1) is 31.4 Å². The molecule has 0 aliphatic carbocycles. The number of hydrogen-bond donors (Lipinski definition) is 0. The number of carbonyl (C=O) groups excluding carboxylic acids is 1. The quantitative estimate of drug-likeness (QED) is 0.568. The van der Waals surface area contributed by atoms with Crippen molar-refractivity contribution >= 4 is 30.6 Å². The minimum absolute atomic E-state index is 0.338. The number of esters is 1. The molecule has 1 aromatic rings. The lowest BCUT2D eigenvalue weighted by atomic mass is 10.4. The zero-order chi connectivity index (χ0) is 14.0. The van der Waals surface area contributed by atoms with E-state index < -0.39 is 8.80 Å². The van der Waals surface area contributed by atoms with Gasteiger partial charge in [-0.15, -0.1) is 11.3 Å². The maximum Gasteiger partial charge on any atom is 0.547 e. The minimum Gasteiger partial charge on any atom is -0.465 e. The molecule has 0 N–H and O–H groups in total. The highest BCUT2D eigenvalue weighted by atomic mass is 32.1. The van der Waals surface area contributed by atoms with Crippen LogP contribution in [-0.4, -0.2) is 66.2 Å². The fourth-order valence-electron chi connectivity index (χ4n) is 2.31. The maximum atomic E-state index is 11.6. The zero-order valence-corrected chi connectivity index (χ0v) is 13.1. The number of carbonyl (C=O) groups is 1. The Morgan fingerprint density at radius 2 is 1.80 bits per heavy atom. The Kier molecular flexibility index (Phi) is 4.20. The molecule has 0 unspecified atom stereocenters. The first kappa shape index (κ1) is 14.2. The third-order valence-electron chi connectivity index (χ3n) is 3.39. The molecule has 4 heterocycles. The van der Waals surface area contributed by atoms with Crippen LogP contribution in [0.5, 0.6) is 0 Å². The number of ether oxygens (including phenoxy) is 1. The highest BCUT2D eigenvalue weighted by Gasteiger charge is 2.48. The van der Waals surface area contributed by atoms with Crippen LogP contribution < -0.4 is 4.50 Å². The van der Waals surface area contributed by atoms with E-state index in [1.807, 2.05) is 6.07 Å². The number of thiophene rings is 1. The highest BCUT2D eigenvalue weighted by Crippen LogP contribution is 2.20. The Hall–Kier alpha value is -0.773. The molecule has 20 heavy (non-hydrogen) atoms. The first-order chi connectivity index (χ1) is 9.73. The summed E-state index contributed by atoms with van der Waals surface area (Å²) in [5.74, 6) is -0.338. The molecule has 2 bridgehead atoms. The van der Waals surface area contributed by atoms with Gasteiger partial charge in [0.15, 0.2) is 0 Å². The van der Waals surface area contributed by atoms with Gasteiger partial charge in [-0.1, -0.05) is 0 Å². The fourth-order valence-corrected chi connectivity index (χ4v) is 6.39. The first-order valence-electron chi connectivity index (χ1n) is 6.56.